The molecule has 0 aliphatic rings. The quantitative estimate of drug-likeness (QED) is 0.865. The fourth-order valence-electron chi connectivity index (χ4n) is 1.73. The van der Waals surface area contributed by atoms with Gasteiger partial charge in [-0.3, -0.25) is 4.98 Å². The molecule has 2 heterocycles. The average molecular weight is 306 g/mol. The Morgan fingerprint density at radius 1 is 1.11 bits per heavy atom. The number of hydrogen-bond donors (Lipinski definition) is 0. The molecular weight excluding hydrogens is 290 g/mol. The second-order valence-corrected chi connectivity index (χ2v) is 5.27. The van der Waals surface area contributed by atoms with Gasteiger partial charge in [0.05, 0.1) is 6.04 Å². The van der Waals surface area contributed by atoms with E-state index in [-0.39, 0.29) is 6.04 Å². The van der Waals surface area contributed by atoms with Crippen LogP contribution in [0.5, 0.6) is 0 Å². The number of hydrogen-bond acceptors (Lipinski definition) is 3. The lowest BCUT2D eigenvalue weighted by molar-refractivity contribution is 0.724. The summed E-state index contributed by atoms with van der Waals surface area (Å²) < 4.78 is 0.990. The summed E-state index contributed by atoms with van der Waals surface area (Å²) in [6.07, 6.45) is 3.74. The number of nitrogens with zero attached hydrogens (tertiary/aromatic N) is 3. The van der Waals surface area contributed by atoms with Crippen molar-refractivity contribution in [3.63, 3.8) is 0 Å². The van der Waals surface area contributed by atoms with E-state index < -0.39 is 0 Å². The van der Waals surface area contributed by atoms with Gasteiger partial charge in [-0.2, -0.15) is 0 Å². The van der Waals surface area contributed by atoms with Crippen molar-refractivity contribution in [2.24, 2.45) is 0 Å². The van der Waals surface area contributed by atoms with Crippen LogP contribution >= 0.6 is 15.9 Å². The SMILES string of the molecule is Cc1ccc([C@H](C)N(C)c2ccc(Br)cn2)cn1. The third-order valence-corrected chi connectivity index (χ3v) is 3.54. The van der Waals surface area contributed by atoms with E-state index in [0.29, 0.717) is 0 Å². The Morgan fingerprint density at radius 2 is 1.89 bits per heavy atom. The molecular formula is C14H16BrN3. The lowest BCUT2D eigenvalue weighted by Gasteiger charge is -2.26. The number of aryl methyl sites for hydroxylation is 1. The highest BCUT2D eigenvalue weighted by Gasteiger charge is 2.13. The first kappa shape index (κ1) is 13.0. The van der Waals surface area contributed by atoms with Crippen molar-refractivity contribution in [1.29, 1.82) is 0 Å². The summed E-state index contributed by atoms with van der Waals surface area (Å²) in [5.74, 6) is 0.950. The smallest absolute Gasteiger partial charge is 0.128 e. The van der Waals surface area contributed by atoms with Crippen LogP contribution in [-0.4, -0.2) is 17.0 Å². The fraction of sp³-hybridized carbons (Fsp3) is 0.286. The van der Waals surface area contributed by atoms with Crippen molar-refractivity contribution in [3.8, 4) is 0 Å². The van der Waals surface area contributed by atoms with Gasteiger partial charge in [-0.25, -0.2) is 4.98 Å². The van der Waals surface area contributed by atoms with Crippen LogP contribution in [0.25, 0.3) is 0 Å². The Bertz CT molecular complexity index is 458. The Morgan fingerprint density at radius 3 is 2.44 bits per heavy atom. The highest BCUT2D eigenvalue weighted by atomic mass is 79.9. The zero-order chi connectivity index (χ0) is 13.1. The van der Waals surface area contributed by atoms with E-state index >= 15 is 0 Å². The minimum absolute atomic E-state index is 0.242. The third-order valence-electron chi connectivity index (χ3n) is 3.07. The molecule has 2 aromatic rings. The first-order chi connectivity index (χ1) is 8.58. The first-order valence-corrected chi connectivity index (χ1v) is 6.64. The molecule has 0 N–H and O–H groups in total. The largest absolute Gasteiger partial charge is 0.353 e. The molecule has 3 nitrogen and oxygen atoms in total. The summed E-state index contributed by atoms with van der Waals surface area (Å²) in [4.78, 5) is 10.9. The molecule has 1 atom stereocenters. The highest BCUT2D eigenvalue weighted by Crippen LogP contribution is 2.24. The summed E-state index contributed by atoms with van der Waals surface area (Å²) >= 11 is 3.39. The molecule has 0 radical (unpaired) electrons. The summed E-state index contributed by atoms with van der Waals surface area (Å²) in [5, 5.41) is 0. The third kappa shape index (κ3) is 2.88. The predicted octanol–water partition coefficient (Wildman–Crippen LogP) is 3.74. The monoisotopic (exact) mass is 305 g/mol. The van der Waals surface area contributed by atoms with Gasteiger partial charge in [0.25, 0.3) is 0 Å². The summed E-state index contributed by atoms with van der Waals surface area (Å²) in [5.41, 5.74) is 2.23. The minimum Gasteiger partial charge on any atom is -0.353 e. The Labute approximate surface area is 116 Å². The molecule has 0 spiro atoms. The minimum atomic E-state index is 0.242. The summed E-state index contributed by atoms with van der Waals surface area (Å²) in [6, 6.07) is 8.39. The molecule has 0 aliphatic carbocycles. The van der Waals surface area contributed by atoms with Crippen molar-refractivity contribution in [3.05, 3.63) is 52.4 Å². The van der Waals surface area contributed by atoms with E-state index in [1.165, 1.54) is 5.56 Å². The van der Waals surface area contributed by atoms with Crippen LogP contribution in [0.1, 0.15) is 24.2 Å². The predicted molar refractivity (Wildman–Crippen MR) is 77.7 cm³/mol. The van der Waals surface area contributed by atoms with Crippen molar-refractivity contribution < 1.29 is 0 Å². The Balaban J connectivity index is 2.20. The molecule has 2 aromatic heterocycles. The molecule has 94 valence electrons. The number of rotatable bonds is 3. The van der Waals surface area contributed by atoms with Gasteiger partial charge >= 0.3 is 0 Å². The zero-order valence-electron chi connectivity index (χ0n) is 10.8. The second kappa shape index (κ2) is 5.48. The van der Waals surface area contributed by atoms with Gasteiger partial charge < -0.3 is 4.90 Å². The summed E-state index contributed by atoms with van der Waals surface area (Å²) in [7, 11) is 2.04. The molecule has 4 heteroatoms. The molecule has 0 fully saturated rings. The molecule has 0 bridgehead atoms. The highest BCUT2D eigenvalue weighted by molar-refractivity contribution is 9.10. The molecule has 18 heavy (non-hydrogen) atoms. The van der Waals surface area contributed by atoms with Crippen LogP contribution in [0.3, 0.4) is 0 Å². The van der Waals surface area contributed by atoms with Crippen LogP contribution < -0.4 is 4.90 Å². The van der Waals surface area contributed by atoms with Gasteiger partial charge in [-0.05, 0) is 53.5 Å². The standard InChI is InChI=1S/C14H16BrN3/c1-10-4-5-12(8-16-10)11(2)18(3)14-7-6-13(15)9-17-14/h4-9,11H,1-3H3/t11-/m0/s1. The van der Waals surface area contributed by atoms with Crippen molar-refractivity contribution >= 4 is 21.7 Å². The normalized spacial score (nSPS) is 12.2. The molecule has 0 aliphatic heterocycles. The molecule has 0 saturated carbocycles. The molecule has 0 aromatic carbocycles. The van der Waals surface area contributed by atoms with Crippen molar-refractivity contribution in [2.45, 2.75) is 19.9 Å². The fourth-order valence-corrected chi connectivity index (χ4v) is 1.96. The molecule has 0 unspecified atom stereocenters. The van der Waals surface area contributed by atoms with Gasteiger partial charge in [-0.15, -0.1) is 0 Å². The first-order valence-electron chi connectivity index (χ1n) is 5.85. The van der Waals surface area contributed by atoms with Gasteiger partial charge in [0.2, 0.25) is 0 Å². The van der Waals surface area contributed by atoms with Crippen LogP contribution in [0.4, 0.5) is 5.82 Å². The van der Waals surface area contributed by atoms with Gasteiger partial charge in [-0.1, -0.05) is 6.07 Å². The van der Waals surface area contributed by atoms with Crippen LogP contribution in [0, 0.1) is 6.92 Å². The van der Waals surface area contributed by atoms with E-state index in [2.05, 4.69) is 43.8 Å². The van der Waals surface area contributed by atoms with E-state index in [1.54, 1.807) is 0 Å². The molecule has 0 amide bonds. The molecule has 2 rings (SSSR count). The number of aromatic nitrogens is 2. The Kier molecular flexibility index (Phi) is 3.97. The summed E-state index contributed by atoms with van der Waals surface area (Å²) in [6.45, 7) is 4.14. The maximum absolute atomic E-state index is 4.40. The average Bonchev–Trinajstić information content (AvgIpc) is 2.39. The van der Waals surface area contributed by atoms with E-state index in [1.807, 2.05) is 44.6 Å². The number of pyridine rings is 2. The van der Waals surface area contributed by atoms with Crippen LogP contribution in [0.15, 0.2) is 41.1 Å². The van der Waals surface area contributed by atoms with Gasteiger partial charge in [0, 0.05) is 29.6 Å². The number of halogens is 1. The number of anilines is 1. The van der Waals surface area contributed by atoms with Crippen LogP contribution in [-0.2, 0) is 0 Å². The van der Waals surface area contributed by atoms with Gasteiger partial charge in [0.1, 0.15) is 5.82 Å². The van der Waals surface area contributed by atoms with Crippen molar-refractivity contribution in [1.82, 2.24) is 9.97 Å². The van der Waals surface area contributed by atoms with Gasteiger partial charge in [0.15, 0.2) is 0 Å². The lowest BCUT2D eigenvalue weighted by Crippen LogP contribution is -2.22. The zero-order valence-corrected chi connectivity index (χ0v) is 12.3. The van der Waals surface area contributed by atoms with E-state index in [4.69, 9.17) is 0 Å². The van der Waals surface area contributed by atoms with Crippen LogP contribution in [0.2, 0.25) is 0 Å². The van der Waals surface area contributed by atoms with E-state index in [9.17, 15) is 0 Å². The Hall–Kier alpha value is -1.42. The maximum Gasteiger partial charge on any atom is 0.128 e. The second-order valence-electron chi connectivity index (χ2n) is 4.35. The maximum atomic E-state index is 4.40. The van der Waals surface area contributed by atoms with Crippen molar-refractivity contribution in [2.75, 3.05) is 11.9 Å². The topological polar surface area (TPSA) is 29.0 Å². The molecule has 0 saturated heterocycles. The lowest BCUT2D eigenvalue weighted by atomic mass is 10.1. The van der Waals surface area contributed by atoms with E-state index in [0.717, 1.165) is 16.0 Å².